The molecular weight excluding hydrogens is 294 g/mol. The van der Waals surface area contributed by atoms with Crippen molar-refractivity contribution in [3.8, 4) is 0 Å². The van der Waals surface area contributed by atoms with Crippen LogP contribution in [0.25, 0.3) is 10.4 Å². The fourth-order valence-electron chi connectivity index (χ4n) is 2.23. The summed E-state index contributed by atoms with van der Waals surface area (Å²) in [5, 5.41) is 23.0. The van der Waals surface area contributed by atoms with Gasteiger partial charge in [0.05, 0.1) is 18.8 Å². The highest BCUT2D eigenvalue weighted by Crippen LogP contribution is 2.35. The van der Waals surface area contributed by atoms with Crippen molar-refractivity contribution in [3.05, 3.63) is 40.8 Å². The summed E-state index contributed by atoms with van der Waals surface area (Å²) in [4.78, 5) is 3.71. The summed E-state index contributed by atoms with van der Waals surface area (Å²) in [5.41, 5.74) is 8.17. The van der Waals surface area contributed by atoms with Crippen molar-refractivity contribution in [2.24, 2.45) is 5.11 Å². The van der Waals surface area contributed by atoms with Crippen molar-refractivity contribution < 1.29 is 19.7 Å². The van der Waals surface area contributed by atoms with Crippen LogP contribution in [0.15, 0.2) is 40.3 Å². The van der Waals surface area contributed by atoms with Gasteiger partial charge in [0.25, 0.3) is 0 Å². The van der Waals surface area contributed by atoms with Crippen molar-refractivity contribution in [2.75, 3.05) is 13.7 Å². The fourth-order valence-corrected chi connectivity index (χ4v) is 3.42. The van der Waals surface area contributed by atoms with Crippen LogP contribution >= 0.6 is 11.8 Å². The summed E-state index contributed by atoms with van der Waals surface area (Å²) in [6.45, 7) is -0.360. The van der Waals surface area contributed by atoms with Gasteiger partial charge in [-0.25, -0.2) is 0 Å². The zero-order valence-electron chi connectivity index (χ0n) is 11.4. The minimum absolute atomic E-state index is 0.360. The molecule has 2 rings (SSSR count). The molecule has 7 nitrogen and oxygen atoms in total. The minimum atomic E-state index is -1.11. The number of hydrogen-bond donors (Lipinski definition) is 2. The van der Waals surface area contributed by atoms with Crippen LogP contribution in [0.5, 0.6) is 0 Å². The largest absolute Gasteiger partial charge is 0.394 e. The Morgan fingerprint density at radius 3 is 2.71 bits per heavy atom. The van der Waals surface area contributed by atoms with Crippen LogP contribution < -0.4 is 0 Å². The Balaban J connectivity index is 2.23. The van der Waals surface area contributed by atoms with Crippen molar-refractivity contribution in [3.63, 3.8) is 0 Å². The zero-order valence-corrected chi connectivity index (χ0v) is 12.3. The minimum Gasteiger partial charge on any atom is -0.394 e. The van der Waals surface area contributed by atoms with Crippen LogP contribution in [0.4, 0.5) is 0 Å². The Morgan fingerprint density at radius 2 is 2.14 bits per heavy atom. The molecule has 21 heavy (non-hydrogen) atoms. The summed E-state index contributed by atoms with van der Waals surface area (Å²) in [6, 6.07) is 8.73. The molecule has 0 bridgehead atoms. The Hall–Kier alpha value is -1.28. The quantitative estimate of drug-likeness (QED) is 0.487. The highest BCUT2D eigenvalue weighted by molar-refractivity contribution is 7.99. The van der Waals surface area contributed by atoms with Crippen LogP contribution in [0.3, 0.4) is 0 Å². The molecule has 0 aliphatic carbocycles. The number of benzene rings is 1. The molecule has 0 saturated carbocycles. The van der Waals surface area contributed by atoms with Crippen LogP contribution in [0, 0.1) is 0 Å². The highest BCUT2D eigenvalue weighted by atomic mass is 32.2. The number of aliphatic hydroxyl groups excluding tert-OH is 2. The van der Waals surface area contributed by atoms with E-state index in [-0.39, 0.29) is 6.61 Å². The lowest BCUT2D eigenvalue weighted by Gasteiger charge is -2.41. The average Bonchev–Trinajstić information content (AvgIpc) is 2.51. The second-order valence-electron chi connectivity index (χ2n) is 4.54. The molecule has 0 spiro atoms. The van der Waals surface area contributed by atoms with Crippen LogP contribution in [0.2, 0.25) is 0 Å². The number of azide groups is 1. The first kappa shape index (κ1) is 16.1. The molecule has 5 unspecified atom stereocenters. The number of rotatable bonds is 5. The standard InChI is InChI=1S/C13H17N3O4S/c1-19-12-10(15-16-14)11(18)9(7-17)20-13(12)21-8-5-3-2-4-6-8/h2-6,9-13,17-18H,7H2,1H3. The van der Waals surface area contributed by atoms with Crippen molar-refractivity contribution >= 4 is 11.8 Å². The molecule has 1 heterocycles. The Kier molecular flexibility index (Phi) is 5.86. The van der Waals surface area contributed by atoms with Gasteiger partial charge in [-0.15, -0.1) is 0 Å². The van der Waals surface area contributed by atoms with Gasteiger partial charge in [0.1, 0.15) is 17.6 Å². The van der Waals surface area contributed by atoms with Crippen LogP contribution in [-0.2, 0) is 9.47 Å². The van der Waals surface area contributed by atoms with Gasteiger partial charge in [0.15, 0.2) is 0 Å². The van der Waals surface area contributed by atoms with Crippen molar-refractivity contribution in [1.82, 2.24) is 0 Å². The van der Waals surface area contributed by atoms with E-state index in [0.717, 1.165) is 4.90 Å². The smallest absolute Gasteiger partial charge is 0.134 e. The molecule has 0 aromatic heterocycles. The van der Waals surface area contributed by atoms with Gasteiger partial charge < -0.3 is 19.7 Å². The number of methoxy groups -OCH3 is 1. The molecule has 8 heteroatoms. The maximum absolute atomic E-state index is 10.1. The van der Waals surface area contributed by atoms with E-state index < -0.39 is 29.8 Å². The third-order valence-electron chi connectivity index (χ3n) is 3.28. The van der Waals surface area contributed by atoms with E-state index in [4.69, 9.17) is 15.0 Å². The second kappa shape index (κ2) is 7.65. The topological polar surface area (TPSA) is 108 Å². The van der Waals surface area contributed by atoms with E-state index in [9.17, 15) is 10.2 Å². The number of thioether (sulfide) groups is 1. The number of nitrogens with zero attached hydrogens (tertiary/aromatic N) is 3. The Labute approximate surface area is 126 Å². The number of hydrogen-bond acceptors (Lipinski definition) is 6. The van der Waals surface area contributed by atoms with E-state index in [1.165, 1.54) is 18.9 Å². The van der Waals surface area contributed by atoms with Gasteiger partial charge in [0.2, 0.25) is 0 Å². The van der Waals surface area contributed by atoms with Gasteiger partial charge in [-0.3, -0.25) is 0 Å². The monoisotopic (exact) mass is 311 g/mol. The summed E-state index contributed by atoms with van der Waals surface area (Å²) < 4.78 is 11.0. The molecule has 1 fully saturated rings. The van der Waals surface area contributed by atoms with Crippen LogP contribution in [0.1, 0.15) is 0 Å². The predicted octanol–water partition coefficient (Wildman–Crippen LogP) is 1.55. The van der Waals surface area contributed by atoms with Gasteiger partial charge in [-0.2, -0.15) is 0 Å². The van der Waals surface area contributed by atoms with E-state index >= 15 is 0 Å². The van der Waals surface area contributed by atoms with E-state index in [0.29, 0.717) is 0 Å². The normalized spacial score (nSPS) is 32.4. The molecule has 1 aliphatic rings. The molecule has 114 valence electrons. The number of aliphatic hydroxyl groups is 2. The molecule has 2 N–H and O–H groups in total. The van der Waals surface area contributed by atoms with Gasteiger partial charge >= 0.3 is 0 Å². The third-order valence-corrected chi connectivity index (χ3v) is 4.43. The predicted molar refractivity (Wildman–Crippen MR) is 77.8 cm³/mol. The average molecular weight is 311 g/mol. The first-order valence-corrected chi connectivity index (χ1v) is 7.32. The second-order valence-corrected chi connectivity index (χ2v) is 5.71. The third kappa shape index (κ3) is 3.68. The van der Waals surface area contributed by atoms with Gasteiger partial charge in [-0.05, 0) is 17.7 Å². The fraction of sp³-hybridized carbons (Fsp3) is 0.538. The maximum Gasteiger partial charge on any atom is 0.134 e. The maximum atomic E-state index is 10.1. The summed E-state index contributed by atoms with van der Waals surface area (Å²) in [6.07, 6.45) is -2.53. The molecule has 0 amide bonds. The first-order valence-electron chi connectivity index (χ1n) is 6.44. The lowest BCUT2D eigenvalue weighted by Crippen LogP contribution is -2.57. The summed E-state index contributed by atoms with van der Waals surface area (Å²) >= 11 is 1.40. The SMILES string of the molecule is COC1C(Sc2ccccc2)OC(CO)C(O)C1N=[N+]=[N-]. The summed E-state index contributed by atoms with van der Waals surface area (Å²) in [5.74, 6) is 0. The molecule has 1 aromatic rings. The van der Waals surface area contributed by atoms with E-state index in [1.807, 2.05) is 30.3 Å². The molecule has 5 atom stereocenters. The van der Waals surface area contributed by atoms with Gasteiger partial charge in [0, 0.05) is 16.9 Å². The van der Waals surface area contributed by atoms with Gasteiger partial charge in [-0.1, -0.05) is 35.1 Å². The highest BCUT2D eigenvalue weighted by Gasteiger charge is 2.45. The molecule has 1 aliphatic heterocycles. The Morgan fingerprint density at radius 1 is 1.43 bits per heavy atom. The summed E-state index contributed by atoms with van der Waals surface area (Å²) in [7, 11) is 1.47. The molecule has 0 radical (unpaired) electrons. The van der Waals surface area contributed by atoms with Crippen molar-refractivity contribution in [2.45, 2.75) is 34.7 Å². The van der Waals surface area contributed by atoms with Crippen LogP contribution in [-0.4, -0.2) is 53.7 Å². The Bertz CT molecular complexity index is 497. The van der Waals surface area contributed by atoms with E-state index in [1.54, 1.807) is 0 Å². The zero-order chi connectivity index (χ0) is 15.2. The molecule has 1 aromatic carbocycles. The molecule has 1 saturated heterocycles. The number of ether oxygens (including phenoxy) is 2. The molecular formula is C13H17N3O4S. The van der Waals surface area contributed by atoms with Crippen molar-refractivity contribution in [1.29, 1.82) is 0 Å². The first-order chi connectivity index (χ1) is 10.2. The lowest BCUT2D eigenvalue weighted by molar-refractivity contribution is -0.167. The van der Waals surface area contributed by atoms with E-state index in [2.05, 4.69) is 10.0 Å². The lowest BCUT2D eigenvalue weighted by atomic mass is 9.98.